The van der Waals surface area contributed by atoms with E-state index in [2.05, 4.69) is 153 Å². The smallest absolute Gasteiger partial charge is 1.00 e. The zero-order chi connectivity index (χ0) is 26.3. The van der Waals surface area contributed by atoms with Crippen molar-refractivity contribution in [3.8, 4) is 0 Å². The van der Waals surface area contributed by atoms with Crippen LogP contribution >= 0.6 is 0 Å². The molecule has 0 N–H and O–H groups in total. The van der Waals surface area contributed by atoms with Crippen LogP contribution in [0.15, 0.2) is 100 Å². The molecular formula is C35H35Cl3SiTi. The van der Waals surface area contributed by atoms with Crippen molar-refractivity contribution in [3.63, 3.8) is 0 Å². The first-order valence-electron chi connectivity index (χ1n) is 13.2. The number of hydrogen-bond donors (Lipinski definition) is 0. The summed E-state index contributed by atoms with van der Waals surface area (Å²) >= 11 is 2.30. The average Bonchev–Trinajstić information content (AvgIpc) is 3.20. The fraction of sp³-hybridized carbons (Fsp3) is 0.200. The van der Waals surface area contributed by atoms with Crippen molar-refractivity contribution in [1.29, 1.82) is 0 Å². The third-order valence-corrected chi connectivity index (χ3v) is 13.1. The molecule has 5 rings (SSSR count). The van der Waals surface area contributed by atoms with Crippen LogP contribution in [0.25, 0.3) is 5.57 Å². The Morgan fingerprint density at radius 2 is 0.875 bits per heavy atom. The van der Waals surface area contributed by atoms with Crippen molar-refractivity contribution in [3.05, 3.63) is 139 Å². The van der Waals surface area contributed by atoms with Gasteiger partial charge in [0.2, 0.25) is 0 Å². The number of halogens is 3. The Labute approximate surface area is 272 Å². The van der Waals surface area contributed by atoms with Crippen LogP contribution in [0, 0.1) is 41.5 Å². The Bertz CT molecular complexity index is 1390. The molecule has 4 aromatic rings. The molecule has 0 fully saturated rings. The van der Waals surface area contributed by atoms with E-state index in [4.69, 9.17) is 0 Å². The molecule has 0 heterocycles. The fourth-order valence-corrected chi connectivity index (χ4v) is 13.0. The minimum absolute atomic E-state index is 0. The largest absolute Gasteiger partial charge is 1.00 e. The van der Waals surface area contributed by atoms with E-state index < -0.39 is 8.07 Å². The molecule has 204 valence electrons. The molecule has 0 nitrogen and oxygen atoms in total. The molecule has 0 bridgehead atoms. The van der Waals surface area contributed by atoms with Crippen LogP contribution in [0.1, 0.15) is 45.4 Å². The number of benzene rings is 4. The minimum atomic E-state index is -2.64. The second kappa shape index (κ2) is 13.9. The number of allylic oxidation sites excluding steroid dienone is 4. The predicted octanol–water partition coefficient (Wildman–Crippen LogP) is -2.15. The van der Waals surface area contributed by atoms with Gasteiger partial charge in [-0.1, -0.05) is 0 Å². The monoisotopic (exact) mass is 636 g/mol. The van der Waals surface area contributed by atoms with Gasteiger partial charge in [0.15, 0.2) is 0 Å². The Balaban J connectivity index is 0.00000187. The SMILES string of the molecule is Cc1cc(C)cc([Si](C2=C(c3ccccc3)[C]([Ti+3])=CC2)(c2cc(C)cc(C)c2)c2cc(C)cc(C)c2)c1.[Cl-].[Cl-].[Cl-]. The zero-order valence-corrected chi connectivity index (χ0v) is 28.8. The first kappa shape index (κ1) is 34.4. The predicted molar refractivity (Wildman–Crippen MR) is 158 cm³/mol. The van der Waals surface area contributed by atoms with Crippen LogP contribution in [0.4, 0.5) is 0 Å². The van der Waals surface area contributed by atoms with E-state index in [1.165, 1.54) is 64.0 Å². The van der Waals surface area contributed by atoms with Gasteiger partial charge in [0, 0.05) is 0 Å². The van der Waals surface area contributed by atoms with Crippen LogP contribution in [0.2, 0.25) is 0 Å². The maximum Gasteiger partial charge on any atom is -1.00 e. The molecule has 0 aromatic heterocycles. The zero-order valence-electron chi connectivity index (χ0n) is 24.0. The molecule has 0 saturated heterocycles. The molecule has 0 amide bonds. The molecular weight excluding hydrogens is 603 g/mol. The van der Waals surface area contributed by atoms with Gasteiger partial charge in [0.1, 0.15) is 0 Å². The molecule has 5 heteroatoms. The van der Waals surface area contributed by atoms with Crippen LogP contribution in [0.5, 0.6) is 0 Å². The average molecular weight is 638 g/mol. The Kier molecular flexibility index (Phi) is 11.9. The van der Waals surface area contributed by atoms with Crippen molar-refractivity contribution in [1.82, 2.24) is 0 Å². The number of aryl methyl sites for hydroxylation is 6. The van der Waals surface area contributed by atoms with Gasteiger partial charge in [-0.3, -0.25) is 0 Å². The Morgan fingerprint density at radius 3 is 1.23 bits per heavy atom. The van der Waals surface area contributed by atoms with Gasteiger partial charge in [-0.2, -0.15) is 0 Å². The van der Waals surface area contributed by atoms with Crippen molar-refractivity contribution >= 4 is 29.2 Å². The van der Waals surface area contributed by atoms with Gasteiger partial charge in [-0.25, -0.2) is 0 Å². The van der Waals surface area contributed by atoms with E-state index in [1.54, 1.807) is 5.20 Å². The van der Waals surface area contributed by atoms with Crippen molar-refractivity contribution in [2.24, 2.45) is 0 Å². The normalized spacial score (nSPS) is 12.8. The second-order valence-electron chi connectivity index (χ2n) is 10.9. The van der Waals surface area contributed by atoms with Crippen LogP contribution < -0.4 is 52.8 Å². The molecule has 0 aliphatic heterocycles. The summed E-state index contributed by atoms with van der Waals surface area (Å²) in [6.45, 7) is 13.5. The number of hydrogen-bond acceptors (Lipinski definition) is 0. The molecule has 0 atom stereocenters. The van der Waals surface area contributed by atoms with E-state index >= 15 is 0 Å². The molecule has 0 saturated carbocycles. The van der Waals surface area contributed by atoms with Crippen molar-refractivity contribution < 1.29 is 57.7 Å². The molecule has 40 heavy (non-hydrogen) atoms. The van der Waals surface area contributed by atoms with Crippen molar-refractivity contribution in [2.45, 2.75) is 48.0 Å². The topological polar surface area (TPSA) is 0 Å². The van der Waals surface area contributed by atoms with Crippen LogP contribution in [-0.4, -0.2) is 8.07 Å². The maximum absolute atomic E-state index is 2.64. The van der Waals surface area contributed by atoms with Gasteiger partial charge in [-0.15, -0.1) is 0 Å². The van der Waals surface area contributed by atoms with Crippen molar-refractivity contribution in [2.75, 3.05) is 0 Å². The molecule has 4 aromatic carbocycles. The quantitative estimate of drug-likeness (QED) is 0.173. The molecule has 0 radical (unpaired) electrons. The number of rotatable bonds is 5. The summed E-state index contributed by atoms with van der Waals surface area (Å²) in [7, 11) is -2.64. The summed E-state index contributed by atoms with van der Waals surface area (Å²) in [4.78, 5) is 0. The molecule has 1 aliphatic rings. The van der Waals surface area contributed by atoms with Gasteiger partial charge in [-0.05, 0) is 0 Å². The summed E-state index contributed by atoms with van der Waals surface area (Å²) in [5.74, 6) is 0. The van der Waals surface area contributed by atoms with Crippen LogP contribution in [0.3, 0.4) is 0 Å². The molecule has 0 unspecified atom stereocenters. The Hall–Kier alpha value is -1.84. The minimum Gasteiger partial charge on any atom is -1.00 e. The van der Waals surface area contributed by atoms with E-state index in [-0.39, 0.29) is 37.2 Å². The maximum atomic E-state index is 2.48. The fourth-order valence-electron chi connectivity index (χ4n) is 6.44. The van der Waals surface area contributed by atoms with E-state index in [9.17, 15) is 0 Å². The summed E-state index contributed by atoms with van der Waals surface area (Å²) in [6.07, 6.45) is 3.46. The summed E-state index contributed by atoms with van der Waals surface area (Å²) in [6, 6.07) is 32.9. The molecule has 0 spiro atoms. The van der Waals surface area contributed by atoms with Gasteiger partial charge < -0.3 is 37.2 Å². The summed E-state index contributed by atoms with van der Waals surface area (Å²) in [5, 5.41) is 6.08. The van der Waals surface area contributed by atoms with Gasteiger partial charge in [0.25, 0.3) is 0 Å². The third kappa shape index (κ3) is 6.46. The standard InChI is InChI=1S/C35H35Si.3ClH.Ti/c1-24-15-25(2)19-31(18-24)36(32-20-26(3)16-27(4)21-32,33-22-28(5)17-29(6)23-33)35-14-10-13-34(35)30-11-8-7-9-12-30;;;;/h7-12,15-23H,14H2,1-6H3;3*1H;/q;;;;+3/p-3. The summed E-state index contributed by atoms with van der Waals surface area (Å²) in [5.41, 5.74) is 10.8. The second-order valence-corrected chi connectivity index (χ2v) is 15.6. The first-order valence-corrected chi connectivity index (χ1v) is 15.9. The van der Waals surface area contributed by atoms with E-state index in [0.717, 1.165) is 6.42 Å². The first-order chi connectivity index (χ1) is 17.7. The molecule has 1 aliphatic carbocycles. The van der Waals surface area contributed by atoms with E-state index in [0.29, 0.717) is 0 Å². The summed E-state index contributed by atoms with van der Waals surface area (Å²) < 4.78 is 1.40. The Morgan fingerprint density at radius 1 is 0.525 bits per heavy atom. The third-order valence-electron chi connectivity index (χ3n) is 7.56. The van der Waals surface area contributed by atoms with Gasteiger partial charge >= 0.3 is 237 Å². The van der Waals surface area contributed by atoms with Gasteiger partial charge in [0.05, 0.1) is 0 Å². The van der Waals surface area contributed by atoms with E-state index in [1.807, 2.05) is 0 Å². The van der Waals surface area contributed by atoms with Crippen LogP contribution in [-0.2, 0) is 20.4 Å².